The van der Waals surface area contributed by atoms with Crippen LogP contribution in [0.4, 0.5) is 0 Å². The third kappa shape index (κ3) is 95.0. The van der Waals surface area contributed by atoms with Crippen molar-refractivity contribution in [1.29, 1.82) is 0 Å². The summed E-state index contributed by atoms with van der Waals surface area (Å²) in [5.41, 5.74) is 0. The van der Waals surface area contributed by atoms with E-state index in [1.807, 2.05) is 0 Å². The Morgan fingerprint density at radius 1 is 0.667 bits per heavy atom. The van der Waals surface area contributed by atoms with Crippen molar-refractivity contribution in [2.45, 2.75) is 0 Å². The molecule has 0 aromatic rings. The predicted molar refractivity (Wildman–Crippen MR) is 11.8 cm³/mol. The molecule has 0 aromatic heterocycles. The maximum atomic E-state index is 0. The minimum absolute atomic E-state index is 0. The average Bonchev–Trinajstić information content (AvgIpc) is 0. The molecule has 0 amide bonds. The van der Waals surface area contributed by atoms with Crippen molar-refractivity contribution in [1.82, 2.24) is 6.15 Å². The van der Waals surface area contributed by atoms with Crippen LogP contribution in [-0.4, -0.2) is 16.4 Å². The van der Waals surface area contributed by atoms with Crippen molar-refractivity contribution in [2.75, 3.05) is 0 Å². The van der Waals surface area contributed by atoms with Gasteiger partial charge in [0.05, 0.1) is 0 Å². The second kappa shape index (κ2) is 181. The normalized spacial score (nSPS) is 0. The molecule has 0 fully saturated rings. The van der Waals surface area contributed by atoms with Gasteiger partial charge in [-0.25, -0.2) is 0 Å². The van der Waals surface area contributed by atoms with E-state index in [2.05, 4.69) is 0 Å². The Bertz CT molecular complexity index is 8.75. The van der Waals surface area contributed by atoms with Crippen LogP contribution in [0, 0.1) is 0 Å². The van der Waals surface area contributed by atoms with Gasteiger partial charge in [0.25, 0.3) is 0 Å². The molecule has 2 radical (unpaired) electrons. The summed E-state index contributed by atoms with van der Waals surface area (Å²) in [6.07, 6.45) is 0. The summed E-state index contributed by atoms with van der Waals surface area (Å²) in [5.74, 6) is 0. The molecule has 0 aliphatic carbocycles. The van der Waals surface area contributed by atoms with Gasteiger partial charge in [0.1, 0.15) is 0 Å². The van der Waals surface area contributed by atoms with E-state index in [1.165, 1.54) is 0 Å². The molecule has 0 heterocycles. The molecule has 52 valence electrons. The van der Waals surface area contributed by atoms with Crippen LogP contribution in [0.3, 0.4) is 0 Å². The fraction of sp³-hybridized carbons (Fsp3) is 0. The van der Waals surface area contributed by atoms with Crippen LogP contribution in [0.2, 0.25) is 0 Å². The third-order valence-corrected chi connectivity index (χ3v) is 0. The fourth-order valence-electron chi connectivity index (χ4n) is 0. The van der Waals surface area contributed by atoms with Crippen molar-refractivity contribution in [3.8, 4) is 0 Å². The van der Waals surface area contributed by atoms with E-state index in [9.17, 15) is 0 Å². The summed E-state index contributed by atoms with van der Waals surface area (Å²) >= 11 is 0. The topological polar surface area (TPSA) is 126 Å². The van der Waals surface area contributed by atoms with Gasteiger partial charge in [-0.05, 0) is 0 Å². The molecule has 0 saturated carbocycles. The largest absolute Gasteiger partial charge is 2.00 e. The zero-order valence-electron chi connectivity index (χ0n) is 2.94. The van der Waals surface area contributed by atoms with Crippen LogP contribution in [0.1, 0.15) is 0 Å². The quantitative estimate of drug-likeness (QED) is 0.540. The van der Waals surface area contributed by atoms with Crippen LogP contribution in [0.25, 0.3) is 0 Å². The van der Waals surface area contributed by atoms with Crippen LogP contribution < -0.4 is 6.15 Å². The minimum Gasteiger partial charge on any atom is -0.870 e. The fourth-order valence-corrected chi connectivity index (χ4v) is 0. The first-order valence-corrected chi connectivity index (χ1v) is 0. The molecule has 7 N–H and O–H groups in total. The van der Waals surface area contributed by atoms with Gasteiger partial charge in [-0.3, -0.25) is 0 Å². The summed E-state index contributed by atoms with van der Waals surface area (Å²) in [4.78, 5) is 0. The first kappa shape index (κ1) is 308. The van der Waals surface area contributed by atoms with Gasteiger partial charge in [0, 0.05) is 17.1 Å². The van der Waals surface area contributed by atoms with Crippen molar-refractivity contribution < 1.29 is 50.6 Å². The zero-order chi connectivity index (χ0) is 0. The molecule has 6 heteroatoms. The Morgan fingerprint density at radius 2 is 0.667 bits per heavy atom. The maximum Gasteiger partial charge on any atom is 2.00 e. The van der Waals surface area contributed by atoms with E-state index < -0.39 is 0 Å². The average molecular weight is 196 g/mol. The number of hydrogen-bond donors (Lipinski definition) is 1. The summed E-state index contributed by atoms with van der Waals surface area (Å²) in [6.45, 7) is 0. The molecule has 0 unspecified atom stereocenters. The SMILES string of the molecule is [Cu+2].[Cu].[NH4+].[OH-].[OH-].[OH-]. The van der Waals surface area contributed by atoms with Gasteiger partial charge in [0.15, 0.2) is 0 Å². The van der Waals surface area contributed by atoms with Gasteiger partial charge in [-0.1, -0.05) is 0 Å². The van der Waals surface area contributed by atoms with E-state index in [-0.39, 0.29) is 56.7 Å². The van der Waals surface area contributed by atoms with Crippen molar-refractivity contribution in [2.24, 2.45) is 0 Å². The van der Waals surface area contributed by atoms with Crippen molar-refractivity contribution >= 4 is 0 Å². The second-order valence-corrected chi connectivity index (χ2v) is 0. The van der Waals surface area contributed by atoms with Gasteiger partial charge in [-0.15, -0.1) is 0 Å². The summed E-state index contributed by atoms with van der Waals surface area (Å²) in [7, 11) is 0. The van der Waals surface area contributed by atoms with Gasteiger partial charge in [0.2, 0.25) is 0 Å². The summed E-state index contributed by atoms with van der Waals surface area (Å²) in [5, 5.41) is 0. The molecule has 4 nitrogen and oxygen atoms in total. The Hall–Kier alpha value is 0.879. The number of rotatable bonds is 0. The Kier molecular flexibility index (Phi) is 9290. The Morgan fingerprint density at radius 3 is 0.667 bits per heavy atom. The summed E-state index contributed by atoms with van der Waals surface area (Å²) < 4.78 is 0. The molecule has 6 heavy (non-hydrogen) atoms. The second-order valence-electron chi connectivity index (χ2n) is 0. The Balaban J connectivity index is 0. The summed E-state index contributed by atoms with van der Waals surface area (Å²) in [6, 6.07) is 0. The van der Waals surface area contributed by atoms with Gasteiger partial charge < -0.3 is 22.6 Å². The Labute approximate surface area is 57.1 Å². The van der Waals surface area contributed by atoms with E-state index in [0.29, 0.717) is 0 Å². The first-order chi connectivity index (χ1) is 0. The monoisotopic (exact) mass is 195 g/mol. The molecular formula is H7Cu2NO3. The number of quaternary nitrogens is 1. The smallest absolute Gasteiger partial charge is 0.870 e. The maximum absolute atomic E-state index is 0. The molecule has 0 atom stereocenters. The molecule has 0 bridgehead atoms. The van der Waals surface area contributed by atoms with Crippen molar-refractivity contribution in [3.63, 3.8) is 0 Å². The zero-order valence-corrected chi connectivity index (χ0v) is 4.83. The molecular weight excluding hydrogens is 189 g/mol. The third-order valence-electron chi connectivity index (χ3n) is 0. The van der Waals surface area contributed by atoms with Crippen molar-refractivity contribution in [3.05, 3.63) is 0 Å². The molecule has 0 saturated heterocycles. The molecule has 0 aliphatic heterocycles. The molecule has 0 spiro atoms. The number of hydrogen-bond acceptors (Lipinski definition) is 3. The van der Waals surface area contributed by atoms with Crippen LogP contribution >= 0.6 is 0 Å². The van der Waals surface area contributed by atoms with E-state index in [0.717, 1.165) is 0 Å². The van der Waals surface area contributed by atoms with Gasteiger partial charge >= 0.3 is 17.1 Å². The van der Waals surface area contributed by atoms with Crippen LogP contribution in [-0.2, 0) is 34.1 Å². The molecule has 0 aromatic carbocycles. The van der Waals surface area contributed by atoms with E-state index in [4.69, 9.17) is 0 Å². The first-order valence-electron chi connectivity index (χ1n) is 0. The molecule has 0 aliphatic rings. The van der Waals surface area contributed by atoms with Crippen LogP contribution in [0.15, 0.2) is 0 Å². The predicted octanol–water partition coefficient (Wildman–Crippen LogP) is -0.159. The van der Waals surface area contributed by atoms with E-state index >= 15 is 0 Å². The van der Waals surface area contributed by atoms with E-state index in [1.54, 1.807) is 0 Å². The van der Waals surface area contributed by atoms with Crippen LogP contribution in [0.5, 0.6) is 0 Å². The minimum atomic E-state index is 0. The standard InChI is InChI=1S/2Cu.H3N.3H2O/h;;1H3;3*1H2/q;+2;;;;/p-2. The van der Waals surface area contributed by atoms with Gasteiger partial charge in [-0.2, -0.15) is 0 Å². The molecule has 0 rings (SSSR count).